The maximum Gasteiger partial charge on any atom is 0.201 e. The van der Waals surface area contributed by atoms with Crippen LogP contribution in [0.5, 0.6) is 11.5 Å². The second-order valence-electron chi connectivity index (χ2n) is 6.02. The molecule has 134 valence electrons. The minimum absolute atomic E-state index is 0.0425. The first-order valence-corrected chi connectivity index (χ1v) is 9.07. The number of phenols is 1. The number of aromatic hydroxyl groups is 1. The molecule has 4 rings (SSSR count). The van der Waals surface area contributed by atoms with Crippen LogP contribution in [0.25, 0.3) is 33.4 Å². The van der Waals surface area contributed by atoms with Gasteiger partial charge in [0.25, 0.3) is 0 Å². The maximum atomic E-state index is 13.3. The SMILES string of the molecule is COc1ccc(-c2c(-c3ccccc3Br)oc3cc(O)ccc3c2=O)cc1. The molecule has 3 aromatic carbocycles. The Labute approximate surface area is 163 Å². The Hall–Kier alpha value is -3.05. The molecule has 0 saturated carbocycles. The first kappa shape index (κ1) is 17.4. The summed E-state index contributed by atoms with van der Waals surface area (Å²) in [6.07, 6.45) is 0. The number of rotatable bonds is 3. The van der Waals surface area contributed by atoms with E-state index in [-0.39, 0.29) is 11.2 Å². The Morgan fingerprint density at radius 1 is 1.00 bits per heavy atom. The van der Waals surface area contributed by atoms with Crippen molar-refractivity contribution in [3.63, 3.8) is 0 Å². The highest BCUT2D eigenvalue weighted by Gasteiger charge is 2.19. The molecular formula is C22H15BrO4. The van der Waals surface area contributed by atoms with E-state index >= 15 is 0 Å². The molecule has 1 N–H and O–H groups in total. The second kappa shape index (κ2) is 6.93. The van der Waals surface area contributed by atoms with E-state index in [1.54, 1.807) is 25.3 Å². The first-order valence-electron chi connectivity index (χ1n) is 8.27. The molecule has 0 aliphatic rings. The van der Waals surface area contributed by atoms with Gasteiger partial charge in [0.1, 0.15) is 22.8 Å². The number of hydrogen-bond acceptors (Lipinski definition) is 4. The number of phenolic OH excluding ortho intramolecular Hbond substituents is 1. The quantitative estimate of drug-likeness (QED) is 0.466. The third-order valence-electron chi connectivity index (χ3n) is 4.37. The topological polar surface area (TPSA) is 59.7 Å². The number of benzene rings is 3. The summed E-state index contributed by atoms with van der Waals surface area (Å²) in [6, 6.07) is 19.3. The zero-order valence-corrected chi connectivity index (χ0v) is 16.0. The maximum absolute atomic E-state index is 13.3. The van der Waals surface area contributed by atoms with Crippen molar-refractivity contribution in [2.24, 2.45) is 0 Å². The molecule has 0 saturated heterocycles. The minimum Gasteiger partial charge on any atom is -0.508 e. The van der Waals surface area contributed by atoms with E-state index in [2.05, 4.69) is 15.9 Å². The van der Waals surface area contributed by atoms with Crippen LogP contribution in [-0.2, 0) is 0 Å². The molecule has 0 radical (unpaired) electrons. The van der Waals surface area contributed by atoms with Crippen LogP contribution in [0.1, 0.15) is 0 Å². The lowest BCUT2D eigenvalue weighted by Crippen LogP contribution is -2.07. The molecule has 0 unspecified atom stereocenters. The van der Waals surface area contributed by atoms with Crippen LogP contribution in [0, 0.1) is 0 Å². The van der Waals surface area contributed by atoms with E-state index < -0.39 is 0 Å². The number of ether oxygens (including phenoxy) is 1. The molecule has 5 heteroatoms. The molecule has 0 spiro atoms. The number of fused-ring (bicyclic) bond motifs is 1. The van der Waals surface area contributed by atoms with Gasteiger partial charge in [-0.05, 0) is 35.9 Å². The van der Waals surface area contributed by atoms with Gasteiger partial charge in [-0.2, -0.15) is 0 Å². The summed E-state index contributed by atoms with van der Waals surface area (Å²) >= 11 is 3.53. The van der Waals surface area contributed by atoms with Crippen molar-refractivity contribution < 1.29 is 14.3 Å². The van der Waals surface area contributed by atoms with Crippen LogP contribution < -0.4 is 10.2 Å². The Balaban J connectivity index is 2.10. The summed E-state index contributed by atoms with van der Waals surface area (Å²) in [5.41, 5.74) is 2.12. The van der Waals surface area contributed by atoms with Gasteiger partial charge in [0.05, 0.1) is 18.1 Å². The van der Waals surface area contributed by atoms with E-state index in [0.717, 1.165) is 15.6 Å². The van der Waals surface area contributed by atoms with Crippen molar-refractivity contribution in [2.45, 2.75) is 0 Å². The van der Waals surface area contributed by atoms with E-state index in [4.69, 9.17) is 9.15 Å². The predicted octanol–water partition coefficient (Wildman–Crippen LogP) is 5.60. The molecule has 0 aliphatic heterocycles. The minimum atomic E-state index is -0.160. The highest BCUT2D eigenvalue weighted by atomic mass is 79.9. The van der Waals surface area contributed by atoms with Crippen molar-refractivity contribution in [2.75, 3.05) is 7.11 Å². The molecule has 4 nitrogen and oxygen atoms in total. The summed E-state index contributed by atoms with van der Waals surface area (Å²) in [5, 5.41) is 10.2. The monoisotopic (exact) mass is 422 g/mol. The molecular weight excluding hydrogens is 408 g/mol. The fourth-order valence-corrected chi connectivity index (χ4v) is 3.50. The predicted molar refractivity (Wildman–Crippen MR) is 109 cm³/mol. The third kappa shape index (κ3) is 3.11. The van der Waals surface area contributed by atoms with E-state index in [0.29, 0.717) is 28.0 Å². The second-order valence-corrected chi connectivity index (χ2v) is 6.88. The Kier molecular flexibility index (Phi) is 4.46. The normalized spacial score (nSPS) is 10.9. The van der Waals surface area contributed by atoms with E-state index in [9.17, 15) is 9.90 Å². The molecule has 1 heterocycles. The van der Waals surface area contributed by atoms with Gasteiger partial charge in [-0.25, -0.2) is 0 Å². The largest absolute Gasteiger partial charge is 0.508 e. The third-order valence-corrected chi connectivity index (χ3v) is 5.06. The molecule has 0 amide bonds. The summed E-state index contributed by atoms with van der Waals surface area (Å²) in [5.74, 6) is 1.19. The molecule has 0 fully saturated rings. The van der Waals surface area contributed by atoms with Gasteiger partial charge in [0, 0.05) is 16.1 Å². The van der Waals surface area contributed by atoms with Crippen molar-refractivity contribution in [3.8, 4) is 33.9 Å². The Morgan fingerprint density at radius 2 is 1.74 bits per heavy atom. The van der Waals surface area contributed by atoms with Crippen molar-refractivity contribution in [1.82, 2.24) is 0 Å². The van der Waals surface area contributed by atoms with Crippen LogP contribution in [-0.4, -0.2) is 12.2 Å². The van der Waals surface area contributed by atoms with Crippen molar-refractivity contribution in [3.05, 3.63) is 81.4 Å². The molecule has 27 heavy (non-hydrogen) atoms. The van der Waals surface area contributed by atoms with Gasteiger partial charge < -0.3 is 14.3 Å². The lowest BCUT2D eigenvalue weighted by molar-refractivity contribution is 0.415. The fraction of sp³-hybridized carbons (Fsp3) is 0.0455. The van der Waals surface area contributed by atoms with Gasteiger partial charge in [0.15, 0.2) is 0 Å². The zero-order chi connectivity index (χ0) is 19.0. The smallest absolute Gasteiger partial charge is 0.201 e. The van der Waals surface area contributed by atoms with Crippen molar-refractivity contribution >= 4 is 26.9 Å². The molecule has 0 atom stereocenters. The van der Waals surface area contributed by atoms with Crippen LogP contribution in [0.15, 0.2) is 80.4 Å². The molecule has 0 bridgehead atoms. The zero-order valence-electron chi connectivity index (χ0n) is 14.4. The summed E-state index contributed by atoms with van der Waals surface area (Å²) in [6.45, 7) is 0. The van der Waals surface area contributed by atoms with Gasteiger partial charge >= 0.3 is 0 Å². The van der Waals surface area contributed by atoms with Crippen LogP contribution >= 0.6 is 15.9 Å². The van der Waals surface area contributed by atoms with Gasteiger partial charge in [0.2, 0.25) is 5.43 Å². The summed E-state index contributed by atoms with van der Waals surface area (Å²) in [7, 11) is 1.60. The molecule has 0 aliphatic carbocycles. The Bertz CT molecular complexity index is 1190. The Morgan fingerprint density at radius 3 is 2.44 bits per heavy atom. The van der Waals surface area contributed by atoms with Gasteiger partial charge in [-0.1, -0.05) is 46.3 Å². The standard InChI is InChI=1S/C22H15BrO4/c1-26-15-9-6-13(7-10-15)20-21(25)17-11-8-14(24)12-19(17)27-22(20)16-4-2-3-5-18(16)23/h2-12,24H,1H3. The average molecular weight is 423 g/mol. The highest BCUT2D eigenvalue weighted by molar-refractivity contribution is 9.10. The fourth-order valence-electron chi connectivity index (χ4n) is 3.04. The molecule has 4 aromatic rings. The summed E-state index contributed by atoms with van der Waals surface area (Å²) in [4.78, 5) is 13.3. The van der Waals surface area contributed by atoms with Crippen LogP contribution in [0.3, 0.4) is 0 Å². The van der Waals surface area contributed by atoms with Crippen molar-refractivity contribution in [1.29, 1.82) is 0 Å². The van der Waals surface area contributed by atoms with E-state index in [1.165, 1.54) is 12.1 Å². The average Bonchev–Trinajstić information content (AvgIpc) is 2.68. The lowest BCUT2D eigenvalue weighted by atomic mass is 9.98. The number of halogens is 1. The lowest BCUT2D eigenvalue weighted by Gasteiger charge is -2.12. The highest BCUT2D eigenvalue weighted by Crippen LogP contribution is 2.37. The molecule has 1 aromatic heterocycles. The number of methoxy groups -OCH3 is 1. The van der Waals surface area contributed by atoms with Crippen LogP contribution in [0.2, 0.25) is 0 Å². The van der Waals surface area contributed by atoms with Gasteiger partial charge in [-0.15, -0.1) is 0 Å². The summed E-state index contributed by atoms with van der Waals surface area (Å²) < 4.78 is 12.1. The van der Waals surface area contributed by atoms with E-state index in [1.807, 2.05) is 36.4 Å². The number of hydrogen-bond donors (Lipinski definition) is 1. The van der Waals surface area contributed by atoms with Gasteiger partial charge in [-0.3, -0.25) is 4.79 Å². The first-order chi connectivity index (χ1) is 13.1. The van der Waals surface area contributed by atoms with Crippen LogP contribution in [0.4, 0.5) is 0 Å².